The molecule has 0 aromatic heterocycles. The number of nitrogens with two attached hydrogens (primary N) is 1. The Bertz CT molecular complexity index is 315. The highest BCUT2D eigenvalue weighted by Crippen LogP contribution is 2.22. The molecule has 0 radical (unpaired) electrons. The summed E-state index contributed by atoms with van der Waals surface area (Å²) >= 11 is 0. The first-order valence-corrected chi connectivity index (χ1v) is 4.71. The molecule has 1 rings (SSSR count). The lowest BCUT2D eigenvalue weighted by Gasteiger charge is -2.15. The van der Waals surface area contributed by atoms with Gasteiger partial charge in [0.05, 0.1) is 0 Å². The van der Waals surface area contributed by atoms with Gasteiger partial charge >= 0.3 is 0 Å². The molecule has 1 aromatic rings. The molecule has 0 spiro atoms. The quantitative estimate of drug-likeness (QED) is 0.854. The van der Waals surface area contributed by atoms with Gasteiger partial charge in [0.15, 0.2) is 0 Å². The van der Waals surface area contributed by atoms with Crippen LogP contribution in [0.3, 0.4) is 0 Å². The molecule has 0 heterocycles. The van der Waals surface area contributed by atoms with E-state index >= 15 is 0 Å². The van der Waals surface area contributed by atoms with Crippen LogP contribution in [0.1, 0.15) is 31.9 Å². The molecule has 0 fully saturated rings. The van der Waals surface area contributed by atoms with Gasteiger partial charge in [-0.2, -0.15) is 0 Å². The zero-order chi connectivity index (χ0) is 10.7. The van der Waals surface area contributed by atoms with Crippen LogP contribution in [0.4, 0.5) is 8.78 Å². The Hall–Kier alpha value is -0.670. The van der Waals surface area contributed by atoms with Crippen molar-refractivity contribution < 1.29 is 8.78 Å². The zero-order valence-corrected chi connectivity index (χ0v) is 9.65. The first-order valence-electron chi connectivity index (χ1n) is 4.71. The van der Waals surface area contributed by atoms with Gasteiger partial charge in [-0.1, -0.05) is 13.8 Å². The molecular formula is C11H16ClF2N. The zero-order valence-electron chi connectivity index (χ0n) is 8.84. The minimum Gasteiger partial charge on any atom is -0.324 e. The molecule has 1 nitrogen and oxygen atoms in total. The van der Waals surface area contributed by atoms with Gasteiger partial charge in [-0.05, 0) is 30.5 Å². The molecule has 1 aromatic carbocycles. The van der Waals surface area contributed by atoms with Crippen molar-refractivity contribution >= 4 is 12.4 Å². The van der Waals surface area contributed by atoms with Gasteiger partial charge < -0.3 is 5.73 Å². The third-order valence-electron chi connectivity index (χ3n) is 2.08. The lowest BCUT2D eigenvalue weighted by Crippen LogP contribution is -2.14. The fourth-order valence-electron chi connectivity index (χ4n) is 1.43. The largest absolute Gasteiger partial charge is 0.324 e. The van der Waals surface area contributed by atoms with Crippen LogP contribution < -0.4 is 5.73 Å². The van der Waals surface area contributed by atoms with E-state index in [-0.39, 0.29) is 18.0 Å². The smallest absolute Gasteiger partial charge is 0.128 e. The van der Waals surface area contributed by atoms with Gasteiger partial charge in [-0.15, -0.1) is 12.4 Å². The molecule has 4 heteroatoms. The summed E-state index contributed by atoms with van der Waals surface area (Å²) in [6, 6.07) is 2.96. The SMILES string of the molecule is CC(C)CC(N)c1cc(F)ccc1F.Cl. The molecule has 0 amide bonds. The van der Waals surface area contributed by atoms with Crippen LogP contribution in [0, 0.1) is 17.6 Å². The lowest BCUT2D eigenvalue weighted by atomic mass is 9.97. The van der Waals surface area contributed by atoms with Crippen LogP contribution in [0.5, 0.6) is 0 Å². The third-order valence-corrected chi connectivity index (χ3v) is 2.08. The summed E-state index contributed by atoms with van der Waals surface area (Å²) in [5.41, 5.74) is 6.02. The van der Waals surface area contributed by atoms with Crippen molar-refractivity contribution in [3.8, 4) is 0 Å². The summed E-state index contributed by atoms with van der Waals surface area (Å²) < 4.78 is 26.0. The lowest BCUT2D eigenvalue weighted by molar-refractivity contribution is 0.484. The summed E-state index contributed by atoms with van der Waals surface area (Å²) in [6.45, 7) is 3.99. The monoisotopic (exact) mass is 235 g/mol. The third kappa shape index (κ3) is 4.14. The Morgan fingerprint density at radius 3 is 2.40 bits per heavy atom. The van der Waals surface area contributed by atoms with Crippen LogP contribution in [0.15, 0.2) is 18.2 Å². The second-order valence-electron chi connectivity index (χ2n) is 3.90. The van der Waals surface area contributed by atoms with E-state index < -0.39 is 17.7 Å². The van der Waals surface area contributed by atoms with Crippen LogP contribution in [0.2, 0.25) is 0 Å². The molecule has 0 aliphatic heterocycles. The van der Waals surface area contributed by atoms with Gasteiger partial charge in [-0.25, -0.2) is 8.78 Å². The molecule has 0 aliphatic carbocycles. The minimum atomic E-state index is -0.444. The molecule has 1 unspecified atom stereocenters. The van der Waals surface area contributed by atoms with E-state index in [9.17, 15) is 8.78 Å². The molecule has 86 valence electrons. The van der Waals surface area contributed by atoms with E-state index in [2.05, 4.69) is 0 Å². The maximum Gasteiger partial charge on any atom is 0.128 e. The Morgan fingerprint density at radius 2 is 1.87 bits per heavy atom. The van der Waals surface area contributed by atoms with Gasteiger partial charge in [0.2, 0.25) is 0 Å². The van der Waals surface area contributed by atoms with Crippen molar-refractivity contribution in [3.05, 3.63) is 35.4 Å². The average molecular weight is 236 g/mol. The van der Waals surface area contributed by atoms with Crippen molar-refractivity contribution in [2.75, 3.05) is 0 Å². The predicted octanol–water partition coefficient (Wildman–Crippen LogP) is 3.43. The molecule has 0 bridgehead atoms. The predicted molar refractivity (Wildman–Crippen MR) is 60.0 cm³/mol. The fraction of sp³-hybridized carbons (Fsp3) is 0.455. The second kappa shape index (κ2) is 6.03. The minimum absolute atomic E-state index is 0. The van der Waals surface area contributed by atoms with E-state index in [0.29, 0.717) is 12.3 Å². The van der Waals surface area contributed by atoms with Crippen molar-refractivity contribution in [1.29, 1.82) is 0 Å². The molecule has 0 aliphatic rings. The van der Waals surface area contributed by atoms with Crippen LogP contribution in [0.25, 0.3) is 0 Å². The van der Waals surface area contributed by atoms with E-state index in [0.717, 1.165) is 12.1 Å². The fourth-order valence-corrected chi connectivity index (χ4v) is 1.43. The topological polar surface area (TPSA) is 26.0 Å². The Labute approximate surface area is 95.1 Å². The highest BCUT2D eigenvalue weighted by atomic mass is 35.5. The standard InChI is InChI=1S/C11H15F2N.ClH/c1-7(2)5-11(14)9-6-8(12)3-4-10(9)13;/h3-4,6-7,11H,5,14H2,1-2H3;1H. The molecule has 0 saturated heterocycles. The number of hydrogen-bond donors (Lipinski definition) is 1. The maximum atomic E-state index is 13.2. The van der Waals surface area contributed by atoms with Crippen molar-refractivity contribution in [3.63, 3.8) is 0 Å². The first kappa shape index (κ1) is 14.3. The molecule has 15 heavy (non-hydrogen) atoms. The highest BCUT2D eigenvalue weighted by Gasteiger charge is 2.13. The van der Waals surface area contributed by atoms with Crippen LogP contribution in [-0.4, -0.2) is 0 Å². The van der Waals surface area contributed by atoms with Gasteiger partial charge in [0, 0.05) is 11.6 Å². The number of halogens is 3. The number of benzene rings is 1. The number of hydrogen-bond acceptors (Lipinski definition) is 1. The van der Waals surface area contributed by atoms with Gasteiger partial charge in [0.25, 0.3) is 0 Å². The average Bonchev–Trinajstić information content (AvgIpc) is 2.08. The summed E-state index contributed by atoms with van der Waals surface area (Å²) in [5, 5.41) is 0. The van der Waals surface area contributed by atoms with Crippen molar-refractivity contribution in [1.82, 2.24) is 0 Å². The molecule has 0 saturated carbocycles. The maximum absolute atomic E-state index is 13.2. The summed E-state index contributed by atoms with van der Waals surface area (Å²) in [7, 11) is 0. The normalized spacial score (nSPS) is 12.4. The summed E-state index contributed by atoms with van der Waals surface area (Å²) in [4.78, 5) is 0. The van der Waals surface area contributed by atoms with Crippen molar-refractivity contribution in [2.24, 2.45) is 11.7 Å². The van der Waals surface area contributed by atoms with Gasteiger partial charge in [-0.3, -0.25) is 0 Å². The Morgan fingerprint density at radius 1 is 1.27 bits per heavy atom. The van der Waals surface area contributed by atoms with E-state index in [1.807, 2.05) is 13.8 Å². The first-order chi connectivity index (χ1) is 6.50. The molecular weight excluding hydrogens is 220 g/mol. The van der Waals surface area contributed by atoms with E-state index in [1.165, 1.54) is 6.07 Å². The van der Waals surface area contributed by atoms with Crippen LogP contribution in [-0.2, 0) is 0 Å². The van der Waals surface area contributed by atoms with E-state index in [4.69, 9.17) is 5.73 Å². The van der Waals surface area contributed by atoms with Gasteiger partial charge in [0.1, 0.15) is 11.6 Å². The summed E-state index contributed by atoms with van der Waals surface area (Å²) in [6.07, 6.45) is 0.653. The molecule has 2 N–H and O–H groups in total. The molecule has 1 atom stereocenters. The Kier molecular flexibility index (Phi) is 5.76. The van der Waals surface area contributed by atoms with Crippen LogP contribution >= 0.6 is 12.4 Å². The Balaban J connectivity index is 0.00000196. The van der Waals surface area contributed by atoms with Crippen molar-refractivity contribution in [2.45, 2.75) is 26.3 Å². The second-order valence-corrected chi connectivity index (χ2v) is 3.90. The van der Waals surface area contributed by atoms with E-state index in [1.54, 1.807) is 0 Å². The highest BCUT2D eigenvalue weighted by molar-refractivity contribution is 5.85. The summed E-state index contributed by atoms with van der Waals surface area (Å²) in [5.74, 6) is -0.507. The number of rotatable bonds is 3.